The Morgan fingerprint density at radius 1 is 0.966 bits per heavy atom. The molecule has 0 aliphatic carbocycles. The average Bonchev–Trinajstić information content (AvgIpc) is 3.03. The summed E-state index contributed by atoms with van der Waals surface area (Å²) in [5.74, 6) is -0.154. The predicted molar refractivity (Wildman–Crippen MR) is 109 cm³/mol. The second-order valence-electron chi connectivity index (χ2n) is 7.16. The summed E-state index contributed by atoms with van der Waals surface area (Å²) in [5.41, 5.74) is 1.07. The summed E-state index contributed by atoms with van der Waals surface area (Å²) in [7, 11) is 0. The number of carbonyl (C=O) groups is 2. The molecule has 2 fully saturated rings. The Morgan fingerprint density at radius 3 is 2.31 bits per heavy atom. The zero-order chi connectivity index (χ0) is 20.4. The van der Waals surface area contributed by atoms with Crippen molar-refractivity contribution in [2.45, 2.75) is 19.4 Å². The topological polar surface area (TPSA) is 53.1 Å². The fourth-order valence-electron chi connectivity index (χ4n) is 4.06. The first-order valence-corrected chi connectivity index (χ1v) is 9.92. The number of anilines is 2. The molecule has 2 heterocycles. The molecule has 2 aromatic carbocycles. The molecule has 0 bridgehead atoms. The maximum atomic E-state index is 14.1. The molecule has 0 spiro atoms. The van der Waals surface area contributed by atoms with E-state index in [1.54, 1.807) is 30.3 Å². The van der Waals surface area contributed by atoms with E-state index in [2.05, 4.69) is 0 Å². The van der Waals surface area contributed by atoms with Gasteiger partial charge >= 0.3 is 0 Å². The summed E-state index contributed by atoms with van der Waals surface area (Å²) in [6.45, 7) is 4.72. The van der Waals surface area contributed by atoms with Crippen molar-refractivity contribution in [3.63, 3.8) is 0 Å². The lowest BCUT2D eigenvalue weighted by Gasteiger charge is -2.38. The fourth-order valence-corrected chi connectivity index (χ4v) is 4.06. The van der Waals surface area contributed by atoms with E-state index in [1.165, 1.54) is 11.0 Å². The second-order valence-corrected chi connectivity index (χ2v) is 7.16. The Balaban J connectivity index is 1.47. The van der Waals surface area contributed by atoms with Crippen molar-refractivity contribution in [2.24, 2.45) is 0 Å². The molecule has 152 valence electrons. The number of piperazine rings is 1. The van der Waals surface area contributed by atoms with E-state index >= 15 is 0 Å². The summed E-state index contributed by atoms with van der Waals surface area (Å²) >= 11 is 0. The van der Waals surface area contributed by atoms with Crippen LogP contribution in [0.3, 0.4) is 0 Å². The highest BCUT2D eigenvalue weighted by Gasteiger charge is 2.44. The highest BCUT2D eigenvalue weighted by atomic mass is 19.1. The third kappa shape index (κ3) is 3.70. The molecule has 7 heteroatoms. The molecule has 29 heavy (non-hydrogen) atoms. The Labute approximate surface area is 169 Å². The van der Waals surface area contributed by atoms with Crippen LogP contribution in [0.2, 0.25) is 0 Å². The highest BCUT2D eigenvalue weighted by molar-refractivity contribution is 6.23. The maximum absolute atomic E-state index is 14.1. The highest BCUT2D eigenvalue weighted by Crippen LogP contribution is 2.33. The van der Waals surface area contributed by atoms with Gasteiger partial charge in [0.25, 0.3) is 5.91 Å². The number of rotatable bonds is 5. The van der Waals surface area contributed by atoms with Crippen LogP contribution in [0.4, 0.5) is 15.8 Å². The molecular formula is C22H24FN3O3. The molecule has 2 saturated heterocycles. The minimum Gasteiger partial charge on any atom is -0.492 e. The van der Waals surface area contributed by atoms with Gasteiger partial charge in [0.2, 0.25) is 5.91 Å². The van der Waals surface area contributed by atoms with Gasteiger partial charge in [-0.05, 0) is 31.2 Å². The lowest BCUT2D eigenvalue weighted by Crippen LogP contribution is -2.52. The van der Waals surface area contributed by atoms with Crippen LogP contribution in [0.15, 0.2) is 48.5 Å². The van der Waals surface area contributed by atoms with Gasteiger partial charge in [-0.2, -0.15) is 0 Å². The minimum atomic E-state index is -0.486. The van der Waals surface area contributed by atoms with Crippen molar-refractivity contribution in [1.82, 2.24) is 4.90 Å². The SMILES string of the molecule is CCOc1ccccc1N1C(=O)C[C@H](N2CCN(c3ccccc3F)CC2)C1=O. The van der Waals surface area contributed by atoms with Crippen molar-refractivity contribution in [3.8, 4) is 5.75 Å². The Morgan fingerprint density at radius 2 is 1.62 bits per heavy atom. The molecule has 0 N–H and O–H groups in total. The molecule has 2 aliphatic heterocycles. The number of ether oxygens (including phenoxy) is 1. The number of hydrogen-bond donors (Lipinski definition) is 0. The quantitative estimate of drug-likeness (QED) is 0.726. The number of para-hydroxylation sites is 3. The molecule has 2 aliphatic rings. The van der Waals surface area contributed by atoms with Crippen molar-refractivity contribution >= 4 is 23.2 Å². The average molecular weight is 397 g/mol. The van der Waals surface area contributed by atoms with Gasteiger partial charge in [0, 0.05) is 26.2 Å². The van der Waals surface area contributed by atoms with E-state index in [9.17, 15) is 14.0 Å². The van der Waals surface area contributed by atoms with Crippen LogP contribution < -0.4 is 14.5 Å². The van der Waals surface area contributed by atoms with Gasteiger partial charge in [-0.15, -0.1) is 0 Å². The summed E-state index contributed by atoms with van der Waals surface area (Å²) in [5, 5.41) is 0. The lowest BCUT2D eigenvalue weighted by molar-refractivity contribution is -0.123. The van der Waals surface area contributed by atoms with E-state index in [-0.39, 0.29) is 24.1 Å². The number of carbonyl (C=O) groups excluding carboxylic acids is 2. The molecule has 1 atom stereocenters. The predicted octanol–water partition coefficient (Wildman–Crippen LogP) is 2.68. The summed E-state index contributed by atoms with van der Waals surface area (Å²) in [4.78, 5) is 31.1. The Kier molecular flexibility index (Phi) is 5.49. The normalized spacial score (nSPS) is 20.4. The number of halogens is 1. The van der Waals surface area contributed by atoms with Gasteiger partial charge < -0.3 is 9.64 Å². The van der Waals surface area contributed by atoms with E-state index in [0.717, 1.165) is 0 Å². The van der Waals surface area contributed by atoms with Crippen LogP contribution in [-0.4, -0.2) is 55.5 Å². The first-order chi connectivity index (χ1) is 14.1. The molecular weight excluding hydrogens is 373 g/mol. The molecule has 0 unspecified atom stereocenters. The lowest BCUT2D eigenvalue weighted by atomic mass is 10.1. The van der Waals surface area contributed by atoms with Gasteiger partial charge in [-0.1, -0.05) is 24.3 Å². The van der Waals surface area contributed by atoms with Crippen molar-refractivity contribution < 1.29 is 18.7 Å². The zero-order valence-electron chi connectivity index (χ0n) is 16.4. The van der Waals surface area contributed by atoms with Gasteiger partial charge in [0.15, 0.2) is 0 Å². The third-order valence-electron chi connectivity index (χ3n) is 5.48. The van der Waals surface area contributed by atoms with Crippen molar-refractivity contribution in [2.75, 3.05) is 42.6 Å². The zero-order valence-corrected chi connectivity index (χ0v) is 16.4. The molecule has 6 nitrogen and oxygen atoms in total. The first kappa shape index (κ1) is 19.4. The van der Waals surface area contributed by atoms with Gasteiger partial charge in [-0.25, -0.2) is 9.29 Å². The molecule has 0 saturated carbocycles. The molecule has 0 aromatic heterocycles. The Hall–Kier alpha value is -2.93. The van der Waals surface area contributed by atoms with E-state index < -0.39 is 6.04 Å². The van der Waals surface area contributed by atoms with Gasteiger partial charge in [0.1, 0.15) is 11.6 Å². The van der Waals surface area contributed by atoms with Crippen LogP contribution in [0.1, 0.15) is 13.3 Å². The monoisotopic (exact) mass is 397 g/mol. The van der Waals surface area contributed by atoms with Crippen LogP contribution >= 0.6 is 0 Å². The first-order valence-electron chi connectivity index (χ1n) is 9.92. The van der Waals surface area contributed by atoms with Crippen molar-refractivity contribution in [1.29, 1.82) is 0 Å². The number of nitrogens with zero attached hydrogens (tertiary/aromatic N) is 3. The van der Waals surface area contributed by atoms with Gasteiger partial charge in [0.05, 0.1) is 30.4 Å². The standard InChI is InChI=1S/C22H24FN3O3/c1-2-29-20-10-6-5-9-18(20)26-21(27)15-19(22(26)28)25-13-11-24(12-14-25)17-8-4-3-7-16(17)23/h3-10,19H,2,11-15H2,1H3/t19-/m0/s1. The third-order valence-corrected chi connectivity index (χ3v) is 5.48. The maximum Gasteiger partial charge on any atom is 0.251 e. The number of amides is 2. The van der Waals surface area contributed by atoms with Crippen molar-refractivity contribution in [3.05, 3.63) is 54.3 Å². The van der Waals surface area contributed by atoms with Crippen LogP contribution in [-0.2, 0) is 9.59 Å². The molecule has 2 amide bonds. The number of imide groups is 1. The van der Waals surface area contributed by atoms with Crippen LogP contribution in [0, 0.1) is 5.82 Å². The molecule has 0 radical (unpaired) electrons. The van der Waals surface area contributed by atoms with E-state index in [1.807, 2.05) is 28.9 Å². The fraction of sp³-hybridized carbons (Fsp3) is 0.364. The molecule has 4 rings (SSSR count). The smallest absolute Gasteiger partial charge is 0.251 e. The summed E-state index contributed by atoms with van der Waals surface area (Å²) < 4.78 is 19.7. The van der Waals surface area contributed by atoms with Gasteiger partial charge in [-0.3, -0.25) is 14.5 Å². The summed E-state index contributed by atoms with van der Waals surface area (Å²) in [6, 6.07) is 13.3. The van der Waals surface area contributed by atoms with Crippen LogP contribution in [0.5, 0.6) is 5.75 Å². The second kappa shape index (κ2) is 8.21. The summed E-state index contributed by atoms with van der Waals surface area (Å²) in [6.07, 6.45) is 0.152. The number of benzene rings is 2. The Bertz CT molecular complexity index is 912. The minimum absolute atomic E-state index is 0.152. The number of hydrogen-bond acceptors (Lipinski definition) is 5. The van der Waals surface area contributed by atoms with E-state index in [0.29, 0.717) is 49.9 Å². The van der Waals surface area contributed by atoms with Crippen LogP contribution in [0.25, 0.3) is 0 Å². The van der Waals surface area contributed by atoms with E-state index in [4.69, 9.17) is 4.74 Å². The molecule has 2 aromatic rings. The largest absolute Gasteiger partial charge is 0.492 e.